The van der Waals surface area contributed by atoms with Gasteiger partial charge < -0.3 is 9.80 Å². The van der Waals surface area contributed by atoms with Gasteiger partial charge in [-0.05, 0) is 61.3 Å². The molecule has 3 aromatic rings. The standard InChI is InChI=1S/C32H35N3O4S/c36-31(33-40(38,39)27-18-19-27)29-21-26(34-20-10-9-12-23-11-7-8-17-28(23)34)22-35(29)32(37)30(24-13-3-1-4-14-24)25-15-5-2-6-16-25/h1-8,11,13-17,26-27,29-30H,9-10,12,18-22H2,(H,33,36). The average Bonchev–Trinajstić information content (AvgIpc) is 3.78. The Kier molecular flexibility index (Phi) is 7.36. The van der Waals surface area contributed by atoms with Crippen LogP contribution in [-0.4, -0.2) is 55.6 Å². The molecule has 0 bridgehead atoms. The molecule has 1 aliphatic carbocycles. The maximum absolute atomic E-state index is 14.5. The van der Waals surface area contributed by atoms with Crippen LogP contribution in [0.4, 0.5) is 5.69 Å². The molecule has 3 aliphatic rings. The predicted octanol–water partition coefficient (Wildman–Crippen LogP) is 4.24. The lowest BCUT2D eigenvalue weighted by Gasteiger charge is -2.32. The zero-order valence-corrected chi connectivity index (χ0v) is 23.3. The van der Waals surface area contributed by atoms with Crippen molar-refractivity contribution in [2.24, 2.45) is 0 Å². The Morgan fingerprint density at radius 1 is 0.825 bits per heavy atom. The van der Waals surface area contributed by atoms with E-state index in [2.05, 4.69) is 27.8 Å². The molecule has 8 heteroatoms. The smallest absolute Gasteiger partial charge is 0.256 e. The second kappa shape index (κ2) is 11.1. The highest BCUT2D eigenvalue weighted by Gasteiger charge is 2.46. The molecule has 208 valence electrons. The lowest BCUT2D eigenvalue weighted by atomic mass is 9.90. The molecule has 3 aromatic carbocycles. The van der Waals surface area contributed by atoms with Gasteiger partial charge in [0.15, 0.2) is 0 Å². The van der Waals surface area contributed by atoms with E-state index in [0.29, 0.717) is 25.8 Å². The molecule has 6 rings (SSSR count). The first-order valence-electron chi connectivity index (χ1n) is 14.2. The number of likely N-dealkylation sites (tertiary alicyclic amines) is 1. The predicted molar refractivity (Wildman–Crippen MR) is 155 cm³/mol. The van der Waals surface area contributed by atoms with Crippen molar-refractivity contribution in [3.63, 3.8) is 0 Å². The molecule has 2 unspecified atom stereocenters. The molecule has 0 aromatic heterocycles. The Morgan fingerprint density at radius 2 is 1.45 bits per heavy atom. The van der Waals surface area contributed by atoms with Gasteiger partial charge in [-0.25, -0.2) is 8.42 Å². The van der Waals surface area contributed by atoms with Gasteiger partial charge in [-0.2, -0.15) is 0 Å². The number of hydrogen-bond acceptors (Lipinski definition) is 5. The first kappa shape index (κ1) is 26.6. The van der Waals surface area contributed by atoms with Crippen molar-refractivity contribution in [3.8, 4) is 0 Å². The molecule has 7 nitrogen and oxygen atoms in total. The van der Waals surface area contributed by atoms with E-state index in [-0.39, 0.29) is 11.9 Å². The largest absolute Gasteiger partial charge is 0.366 e. The van der Waals surface area contributed by atoms with Crippen LogP contribution in [0.1, 0.15) is 54.7 Å². The molecule has 1 N–H and O–H groups in total. The Balaban J connectivity index is 1.36. The van der Waals surface area contributed by atoms with Crippen molar-refractivity contribution in [3.05, 3.63) is 102 Å². The summed E-state index contributed by atoms with van der Waals surface area (Å²) in [6.45, 7) is 1.18. The van der Waals surface area contributed by atoms with Gasteiger partial charge in [0.25, 0.3) is 5.91 Å². The van der Waals surface area contributed by atoms with Crippen LogP contribution < -0.4 is 9.62 Å². The van der Waals surface area contributed by atoms with E-state index in [1.807, 2.05) is 66.7 Å². The Hall–Kier alpha value is -3.65. The van der Waals surface area contributed by atoms with Crippen LogP contribution in [0.15, 0.2) is 84.9 Å². The minimum absolute atomic E-state index is 0.102. The van der Waals surface area contributed by atoms with Crippen molar-refractivity contribution < 1.29 is 18.0 Å². The number of carbonyl (C=O) groups excluding carboxylic acids is 2. The number of carbonyl (C=O) groups is 2. The summed E-state index contributed by atoms with van der Waals surface area (Å²) in [5.74, 6) is -1.40. The van der Waals surface area contributed by atoms with Crippen LogP contribution in [0, 0.1) is 0 Å². The van der Waals surface area contributed by atoms with Gasteiger partial charge in [0.05, 0.1) is 11.2 Å². The van der Waals surface area contributed by atoms with E-state index in [0.717, 1.165) is 42.6 Å². The van der Waals surface area contributed by atoms with Crippen molar-refractivity contribution in [1.29, 1.82) is 0 Å². The number of rotatable bonds is 7. The number of nitrogens with one attached hydrogen (secondary N) is 1. The van der Waals surface area contributed by atoms with Gasteiger partial charge in [0.1, 0.15) is 6.04 Å². The number of sulfonamides is 1. The number of benzene rings is 3. The van der Waals surface area contributed by atoms with Crippen molar-refractivity contribution in [2.45, 2.75) is 61.8 Å². The first-order valence-corrected chi connectivity index (χ1v) is 15.8. The minimum atomic E-state index is -3.75. The van der Waals surface area contributed by atoms with E-state index in [1.54, 1.807) is 4.90 Å². The van der Waals surface area contributed by atoms with E-state index in [9.17, 15) is 18.0 Å². The lowest BCUT2D eigenvalue weighted by molar-refractivity contribution is -0.138. The van der Waals surface area contributed by atoms with Crippen LogP contribution in [0.2, 0.25) is 0 Å². The third-order valence-corrected chi connectivity index (χ3v) is 10.3. The topological polar surface area (TPSA) is 86.8 Å². The molecule has 1 saturated heterocycles. The van der Waals surface area contributed by atoms with Crippen LogP contribution in [0.3, 0.4) is 0 Å². The SMILES string of the molecule is O=C(NS(=O)(=O)C1CC1)C1CC(N2CCCCc3ccccc32)CN1C(=O)C(c1ccccc1)c1ccccc1. The summed E-state index contributed by atoms with van der Waals surface area (Å²) in [4.78, 5) is 32.1. The average molecular weight is 558 g/mol. The molecule has 1 saturated carbocycles. The fourth-order valence-corrected chi connectivity index (χ4v) is 7.58. The molecule has 2 aliphatic heterocycles. The maximum atomic E-state index is 14.5. The van der Waals surface area contributed by atoms with Gasteiger partial charge in [-0.1, -0.05) is 78.9 Å². The second-order valence-corrected chi connectivity index (χ2v) is 13.1. The minimum Gasteiger partial charge on any atom is -0.366 e. The first-order chi connectivity index (χ1) is 19.4. The third kappa shape index (κ3) is 5.37. The normalized spacial score (nSPS) is 21.1. The van der Waals surface area contributed by atoms with Crippen molar-refractivity contribution >= 4 is 27.5 Å². The Labute approximate surface area is 236 Å². The highest BCUT2D eigenvalue weighted by molar-refractivity contribution is 7.90. The van der Waals surface area contributed by atoms with Crippen molar-refractivity contribution in [1.82, 2.24) is 9.62 Å². The number of amides is 2. The van der Waals surface area contributed by atoms with Crippen LogP contribution in [0.5, 0.6) is 0 Å². The molecule has 0 spiro atoms. The fraction of sp³-hybridized carbons (Fsp3) is 0.375. The Bertz CT molecular complexity index is 1430. The maximum Gasteiger partial charge on any atom is 0.256 e. The molecule has 2 heterocycles. The van der Waals surface area contributed by atoms with Gasteiger partial charge in [0.2, 0.25) is 15.9 Å². The molecular weight excluding hydrogens is 522 g/mol. The molecular formula is C32H35N3O4S. The molecule has 40 heavy (non-hydrogen) atoms. The third-order valence-electron chi connectivity index (χ3n) is 8.42. The summed E-state index contributed by atoms with van der Waals surface area (Å²) in [5, 5.41) is -0.517. The summed E-state index contributed by atoms with van der Waals surface area (Å²) in [6.07, 6.45) is 4.59. The van der Waals surface area contributed by atoms with Gasteiger partial charge in [-0.3, -0.25) is 14.3 Å². The summed E-state index contributed by atoms with van der Waals surface area (Å²) >= 11 is 0. The quantitative estimate of drug-likeness (QED) is 0.470. The number of aryl methyl sites for hydroxylation is 1. The summed E-state index contributed by atoms with van der Waals surface area (Å²) in [5.41, 5.74) is 4.10. The Morgan fingerprint density at radius 3 is 2.10 bits per heavy atom. The van der Waals surface area contributed by atoms with E-state index < -0.39 is 33.1 Å². The number of anilines is 1. The number of hydrogen-bond donors (Lipinski definition) is 1. The summed E-state index contributed by atoms with van der Waals surface area (Å²) in [7, 11) is -3.75. The van der Waals surface area contributed by atoms with Gasteiger partial charge in [0, 0.05) is 24.8 Å². The molecule has 2 atom stereocenters. The zero-order valence-electron chi connectivity index (χ0n) is 22.5. The van der Waals surface area contributed by atoms with Crippen LogP contribution >= 0.6 is 0 Å². The van der Waals surface area contributed by atoms with Gasteiger partial charge in [-0.15, -0.1) is 0 Å². The number of nitrogens with zero attached hydrogens (tertiary/aromatic N) is 2. The van der Waals surface area contributed by atoms with Gasteiger partial charge >= 0.3 is 0 Å². The second-order valence-electron chi connectivity index (χ2n) is 11.1. The number of fused-ring (bicyclic) bond motifs is 1. The fourth-order valence-electron chi connectivity index (χ4n) is 6.24. The summed E-state index contributed by atoms with van der Waals surface area (Å²) in [6, 6.07) is 26.6. The summed E-state index contributed by atoms with van der Waals surface area (Å²) < 4.78 is 27.9. The van der Waals surface area contributed by atoms with Crippen LogP contribution in [-0.2, 0) is 26.0 Å². The molecule has 0 radical (unpaired) electrons. The van der Waals surface area contributed by atoms with E-state index in [1.165, 1.54) is 5.56 Å². The van der Waals surface area contributed by atoms with Crippen LogP contribution in [0.25, 0.3) is 0 Å². The van der Waals surface area contributed by atoms with Crippen molar-refractivity contribution in [2.75, 3.05) is 18.0 Å². The van der Waals surface area contributed by atoms with E-state index in [4.69, 9.17) is 0 Å². The highest BCUT2D eigenvalue weighted by Crippen LogP contribution is 2.36. The monoisotopic (exact) mass is 557 g/mol. The molecule has 2 amide bonds. The molecule has 2 fully saturated rings. The number of para-hydroxylation sites is 1. The zero-order chi connectivity index (χ0) is 27.7. The highest BCUT2D eigenvalue weighted by atomic mass is 32.2. The lowest BCUT2D eigenvalue weighted by Crippen LogP contribution is -2.49. The van der Waals surface area contributed by atoms with E-state index >= 15 is 0 Å².